The summed E-state index contributed by atoms with van der Waals surface area (Å²) in [5, 5.41) is 13.8. The van der Waals surface area contributed by atoms with E-state index in [-0.39, 0.29) is 40.4 Å². The van der Waals surface area contributed by atoms with E-state index in [9.17, 15) is 22.7 Å². The summed E-state index contributed by atoms with van der Waals surface area (Å²) in [7, 11) is -2.37. The van der Waals surface area contributed by atoms with Gasteiger partial charge in [0.25, 0.3) is 0 Å². The Hall–Kier alpha value is -4.10. The van der Waals surface area contributed by atoms with Crippen molar-refractivity contribution in [2.45, 2.75) is 48.6 Å². The third kappa shape index (κ3) is 4.58. The molecular formula is C28H29FN6O5S. The molecule has 4 aromatic rings. The van der Waals surface area contributed by atoms with Crippen LogP contribution >= 0.6 is 0 Å². The number of carbonyl (C=O) groups is 1. The Morgan fingerprint density at radius 2 is 1.85 bits per heavy atom. The number of nitrogens with zero attached hydrogens (tertiary/aromatic N) is 5. The lowest BCUT2D eigenvalue weighted by molar-refractivity contribution is -0.138. The molecule has 6 rings (SSSR count). The van der Waals surface area contributed by atoms with Gasteiger partial charge in [0.1, 0.15) is 17.3 Å². The molecule has 2 atom stereocenters. The van der Waals surface area contributed by atoms with Crippen molar-refractivity contribution in [2.24, 2.45) is 0 Å². The lowest BCUT2D eigenvalue weighted by Crippen LogP contribution is -2.47. The van der Waals surface area contributed by atoms with Crippen LogP contribution in [0, 0.1) is 5.82 Å². The molecule has 3 N–H and O–H groups in total. The zero-order valence-corrected chi connectivity index (χ0v) is 23.3. The maximum Gasteiger partial charge on any atom is 0.248 e. The minimum Gasteiger partial charge on any atom is -0.494 e. The Kier molecular flexibility index (Phi) is 6.65. The Morgan fingerprint density at radius 3 is 2.44 bits per heavy atom. The molecule has 0 spiro atoms. The average molecular weight is 581 g/mol. The van der Waals surface area contributed by atoms with Gasteiger partial charge in [-0.15, -0.1) is 0 Å². The highest BCUT2D eigenvalue weighted by Gasteiger charge is 2.45. The number of hydrogen-bond donors (Lipinski definition) is 2. The van der Waals surface area contributed by atoms with Gasteiger partial charge in [-0.3, -0.25) is 9.78 Å². The monoisotopic (exact) mass is 580 g/mol. The van der Waals surface area contributed by atoms with Crippen molar-refractivity contribution in [1.29, 1.82) is 0 Å². The number of nitrogen functional groups attached to an aromatic ring is 1. The van der Waals surface area contributed by atoms with E-state index < -0.39 is 22.3 Å². The predicted octanol–water partition coefficient (Wildman–Crippen LogP) is 2.82. The fourth-order valence-electron chi connectivity index (χ4n) is 6.32. The molecule has 13 heteroatoms. The summed E-state index contributed by atoms with van der Waals surface area (Å²) in [5.41, 5.74) is 9.61. The first-order chi connectivity index (χ1) is 19.6. The van der Waals surface area contributed by atoms with Crippen LogP contribution in [0.2, 0.25) is 0 Å². The van der Waals surface area contributed by atoms with Crippen LogP contribution in [-0.4, -0.2) is 76.0 Å². The second-order valence-corrected chi connectivity index (χ2v) is 12.5. The number of benzene rings is 1. The van der Waals surface area contributed by atoms with Gasteiger partial charge in [0, 0.05) is 47.1 Å². The van der Waals surface area contributed by atoms with E-state index in [0.717, 1.165) is 19.1 Å². The molecule has 2 unspecified atom stereocenters. The largest absolute Gasteiger partial charge is 0.494 e. The third-order valence-electron chi connectivity index (χ3n) is 8.10. The molecule has 2 aliphatic heterocycles. The quantitative estimate of drug-likeness (QED) is 0.351. The number of hydrogen-bond acceptors (Lipinski definition) is 9. The standard InChI is InChI=1S/C28H29FN6O5S/c1-40-23-8-4-15(11-21(23)29)22-7-3-16(12-31-22)20-13-32-35-27(30)26(41(2,38)39)25(33-28(20)35)17-9-18-5-6-19(10-17)34(18)24(37)14-36/h3-4,7-8,11-13,17-19,36H,5-6,9-10,14,30H2,1-2H3. The summed E-state index contributed by atoms with van der Waals surface area (Å²) in [6, 6.07) is 7.96. The number of methoxy groups -OCH3 is 1. The zero-order chi connectivity index (χ0) is 29.1. The molecule has 2 saturated heterocycles. The number of amides is 1. The van der Waals surface area contributed by atoms with E-state index in [4.69, 9.17) is 15.5 Å². The van der Waals surface area contributed by atoms with Gasteiger partial charge in [0.2, 0.25) is 5.91 Å². The average Bonchev–Trinajstić information content (AvgIpc) is 3.50. The number of carbonyl (C=O) groups excluding carboxylic acids is 1. The summed E-state index contributed by atoms with van der Waals surface area (Å²) in [5.74, 6) is -0.942. The third-order valence-corrected chi connectivity index (χ3v) is 9.26. The number of piperidine rings is 1. The SMILES string of the molecule is COc1ccc(-c2ccc(-c3cnn4c(N)c(S(C)(=O)=O)c(C5CC6CCC(C5)N6C(=O)CO)nc34)cn2)cc1F. The van der Waals surface area contributed by atoms with E-state index in [0.29, 0.717) is 46.6 Å². The first-order valence-corrected chi connectivity index (χ1v) is 15.1. The van der Waals surface area contributed by atoms with Crippen LogP contribution in [0.5, 0.6) is 5.75 Å². The first kappa shape index (κ1) is 27.1. The van der Waals surface area contributed by atoms with Crippen LogP contribution in [0.15, 0.2) is 47.6 Å². The van der Waals surface area contributed by atoms with Crippen LogP contribution in [-0.2, 0) is 14.6 Å². The predicted molar refractivity (Wildman–Crippen MR) is 148 cm³/mol. The van der Waals surface area contributed by atoms with Gasteiger partial charge in [0.05, 0.1) is 24.7 Å². The molecule has 214 valence electrons. The summed E-state index contributed by atoms with van der Waals surface area (Å²) in [4.78, 5) is 23.4. The molecule has 0 aliphatic carbocycles. The van der Waals surface area contributed by atoms with Gasteiger partial charge in [-0.25, -0.2) is 17.8 Å². The highest BCUT2D eigenvalue weighted by molar-refractivity contribution is 7.91. The van der Waals surface area contributed by atoms with Gasteiger partial charge < -0.3 is 20.5 Å². The van der Waals surface area contributed by atoms with Crippen LogP contribution in [0.4, 0.5) is 10.2 Å². The maximum absolute atomic E-state index is 14.2. The number of halogens is 1. The molecule has 11 nitrogen and oxygen atoms in total. The van der Waals surface area contributed by atoms with Gasteiger partial charge in [-0.2, -0.15) is 9.61 Å². The molecule has 5 heterocycles. The summed E-state index contributed by atoms with van der Waals surface area (Å²) < 4.78 is 46.5. The Labute approximate surface area is 235 Å². The number of sulfone groups is 1. The second kappa shape index (κ2) is 10.1. The van der Waals surface area contributed by atoms with E-state index in [1.54, 1.807) is 29.4 Å². The number of anilines is 1. The smallest absolute Gasteiger partial charge is 0.248 e. The van der Waals surface area contributed by atoms with Crippen molar-refractivity contribution in [1.82, 2.24) is 24.5 Å². The van der Waals surface area contributed by atoms with Crippen molar-refractivity contribution in [2.75, 3.05) is 25.7 Å². The van der Waals surface area contributed by atoms with E-state index in [2.05, 4.69) is 10.1 Å². The Balaban J connectivity index is 1.41. The zero-order valence-electron chi connectivity index (χ0n) is 22.5. The van der Waals surface area contributed by atoms with Crippen molar-refractivity contribution >= 4 is 27.2 Å². The number of aliphatic hydroxyl groups excluding tert-OH is 1. The Bertz CT molecular complexity index is 1760. The summed E-state index contributed by atoms with van der Waals surface area (Å²) in [6.45, 7) is -0.553. The summed E-state index contributed by atoms with van der Waals surface area (Å²) >= 11 is 0. The van der Waals surface area contributed by atoms with Crippen LogP contribution < -0.4 is 10.5 Å². The highest BCUT2D eigenvalue weighted by Crippen LogP contribution is 2.45. The van der Waals surface area contributed by atoms with Gasteiger partial charge >= 0.3 is 0 Å². The molecule has 3 aromatic heterocycles. The van der Waals surface area contributed by atoms with Gasteiger partial charge in [-0.1, -0.05) is 6.07 Å². The van der Waals surface area contributed by atoms with Crippen molar-refractivity contribution in [3.05, 3.63) is 54.2 Å². The number of ether oxygens (including phenoxy) is 1. The molecule has 2 bridgehead atoms. The summed E-state index contributed by atoms with van der Waals surface area (Å²) in [6.07, 6.45) is 6.89. The van der Waals surface area contributed by atoms with E-state index in [1.807, 2.05) is 6.07 Å². The molecule has 0 saturated carbocycles. The fourth-order valence-corrected chi connectivity index (χ4v) is 7.38. The fraction of sp³-hybridized carbons (Fsp3) is 0.357. The minimum absolute atomic E-state index is 0.0294. The lowest BCUT2D eigenvalue weighted by atomic mass is 9.87. The Morgan fingerprint density at radius 1 is 1.15 bits per heavy atom. The number of pyridine rings is 1. The van der Waals surface area contributed by atoms with E-state index >= 15 is 0 Å². The maximum atomic E-state index is 14.2. The van der Waals surface area contributed by atoms with Crippen molar-refractivity contribution < 1.29 is 27.4 Å². The van der Waals surface area contributed by atoms with E-state index in [1.165, 1.54) is 23.8 Å². The number of aromatic nitrogens is 4. The van der Waals surface area contributed by atoms with Gasteiger partial charge in [0.15, 0.2) is 27.1 Å². The molecule has 1 aromatic carbocycles. The first-order valence-electron chi connectivity index (χ1n) is 13.2. The topological polar surface area (TPSA) is 153 Å². The molecule has 2 aliphatic rings. The highest BCUT2D eigenvalue weighted by atomic mass is 32.2. The molecular weight excluding hydrogens is 551 g/mol. The van der Waals surface area contributed by atoms with Crippen LogP contribution in [0.3, 0.4) is 0 Å². The molecule has 41 heavy (non-hydrogen) atoms. The number of nitrogens with two attached hydrogens (primary N) is 1. The van der Waals surface area contributed by atoms with Crippen molar-refractivity contribution in [3.63, 3.8) is 0 Å². The lowest BCUT2D eigenvalue weighted by Gasteiger charge is -2.39. The number of rotatable bonds is 6. The van der Waals surface area contributed by atoms with Crippen LogP contribution in [0.25, 0.3) is 28.0 Å². The molecule has 0 radical (unpaired) electrons. The normalized spacial score (nSPS) is 20.5. The van der Waals surface area contributed by atoms with Crippen molar-refractivity contribution in [3.8, 4) is 28.1 Å². The molecule has 1 amide bonds. The number of aliphatic hydroxyl groups is 1. The number of fused-ring (bicyclic) bond motifs is 3. The van der Waals surface area contributed by atoms with Crippen LogP contribution in [0.1, 0.15) is 37.3 Å². The minimum atomic E-state index is -3.78. The second-order valence-electron chi connectivity index (χ2n) is 10.6. The molecule has 2 fully saturated rings. The van der Waals surface area contributed by atoms with Gasteiger partial charge in [-0.05, 0) is 49.9 Å².